The molecule has 0 fully saturated rings. The lowest BCUT2D eigenvalue weighted by molar-refractivity contribution is -0.146. The highest BCUT2D eigenvalue weighted by molar-refractivity contribution is 5.96. The van der Waals surface area contributed by atoms with Crippen LogP contribution in [0.5, 0.6) is 5.75 Å². The summed E-state index contributed by atoms with van der Waals surface area (Å²) in [4.78, 5) is 22.0. The summed E-state index contributed by atoms with van der Waals surface area (Å²) in [6.45, 7) is 1.64. The van der Waals surface area contributed by atoms with Crippen molar-refractivity contribution in [3.63, 3.8) is 0 Å². The lowest BCUT2D eigenvalue weighted by Gasteiger charge is -2.09. The highest BCUT2D eigenvalue weighted by atomic mass is 16.5. The van der Waals surface area contributed by atoms with Crippen LogP contribution in [0.2, 0.25) is 0 Å². The van der Waals surface area contributed by atoms with Crippen molar-refractivity contribution in [1.29, 1.82) is 0 Å². The van der Waals surface area contributed by atoms with Crippen LogP contribution in [0.4, 0.5) is 0 Å². The first-order valence-corrected chi connectivity index (χ1v) is 5.18. The number of benzene rings is 1. The maximum Gasteiger partial charge on any atom is 0.315 e. The first kappa shape index (κ1) is 13.0. The van der Waals surface area contributed by atoms with Gasteiger partial charge in [0.1, 0.15) is 11.7 Å². The zero-order valence-corrected chi connectivity index (χ0v) is 9.77. The molecule has 5 heteroatoms. The largest absolute Gasteiger partial charge is 0.497 e. The van der Waals surface area contributed by atoms with Crippen molar-refractivity contribution in [2.75, 3.05) is 7.11 Å². The smallest absolute Gasteiger partial charge is 0.315 e. The van der Waals surface area contributed by atoms with Gasteiger partial charge in [-0.3, -0.25) is 9.59 Å². The van der Waals surface area contributed by atoms with Crippen LogP contribution in [-0.4, -0.2) is 24.1 Å². The van der Waals surface area contributed by atoms with E-state index in [0.717, 1.165) is 5.56 Å². The molecule has 1 atom stereocenters. The number of carboxylic acids is 1. The van der Waals surface area contributed by atoms with E-state index in [0.29, 0.717) is 5.75 Å². The number of carbonyl (C=O) groups is 2. The van der Waals surface area contributed by atoms with E-state index in [-0.39, 0.29) is 6.54 Å². The SMILES string of the molecule is COc1cccc(CNC(=O)C(C)C(=O)O)c1. The third-order valence-electron chi connectivity index (χ3n) is 2.36. The lowest BCUT2D eigenvalue weighted by atomic mass is 10.1. The molecule has 0 radical (unpaired) electrons. The van der Waals surface area contributed by atoms with E-state index in [1.165, 1.54) is 6.92 Å². The molecule has 1 aromatic rings. The first-order chi connectivity index (χ1) is 8.04. The predicted molar refractivity (Wildman–Crippen MR) is 61.6 cm³/mol. The Balaban J connectivity index is 2.55. The molecule has 0 heterocycles. The van der Waals surface area contributed by atoms with Gasteiger partial charge in [-0.1, -0.05) is 12.1 Å². The van der Waals surface area contributed by atoms with Crippen LogP contribution in [0.1, 0.15) is 12.5 Å². The molecule has 0 aliphatic rings. The van der Waals surface area contributed by atoms with Gasteiger partial charge < -0.3 is 15.2 Å². The zero-order chi connectivity index (χ0) is 12.8. The fourth-order valence-corrected chi connectivity index (χ4v) is 1.24. The number of methoxy groups -OCH3 is 1. The second-order valence-electron chi connectivity index (χ2n) is 3.63. The van der Waals surface area contributed by atoms with Crippen LogP contribution in [0.25, 0.3) is 0 Å². The molecule has 0 bridgehead atoms. The molecule has 0 spiro atoms. The Labute approximate surface area is 99.4 Å². The van der Waals surface area contributed by atoms with Gasteiger partial charge in [0, 0.05) is 6.54 Å². The summed E-state index contributed by atoms with van der Waals surface area (Å²) in [6.07, 6.45) is 0. The van der Waals surface area contributed by atoms with Crippen molar-refractivity contribution in [1.82, 2.24) is 5.32 Å². The van der Waals surface area contributed by atoms with E-state index < -0.39 is 17.8 Å². The summed E-state index contributed by atoms with van der Waals surface area (Å²) < 4.78 is 5.04. The van der Waals surface area contributed by atoms with Gasteiger partial charge in [0.15, 0.2) is 0 Å². The van der Waals surface area contributed by atoms with Gasteiger partial charge in [0.2, 0.25) is 5.91 Å². The van der Waals surface area contributed by atoms with Gasteiger partial charge in [0.05, 0.1) is 7.11 Å². The highest BCUT2D eigenvalue weighted by Crippen LogP contribution is 2.12. The molecule has 92 valence electrons. The normalized spacial score (nSPS) is 11.6. The number of nitrogens with one attached hydrogen (secondary N) is 1. The van der Waals surface area contributed by atoms with E-state index in [1.807, 2.05) is 6.07 Å². The summed E-state index contributed by atoms with van der Waals surface area (Å²) in [5.41, 5.74) is 0.857. The monoisotopic (exact) mass is 237 g/mol. The van der Waals surface area contributed by atoms with Gasteiger partial charge in [-0.05, 0) is 24.6 Å². The highest BCUT2D eigenvalue weighted by Gasteiger charge is 2.19. The van der Waals surface area contributed by atoms with E-state index >= 15 is 0 Å². The van der Waals surface area contributed by atoms with Gasteiger partial charge in [-0.15, -0.1) is 0 Å². The topological polar surface area (TPSA) is 75.6 Å². The van der Waals surface area contributed by atoms with Crippen LogP contribution in [0.15, 0.2) is 24.3 Å². The Morgan fingerprint density at radius 1 is 1.47 bits per heavy atom. The molecule has 2 N–H and O–H groups in total. The number of aliphatic carboxylic acids is 1. The average molecular weight is 237 g/mol. The van der Waals surface area contributed by atoms with Crippen molar-refractivity contribution in [3.8, 4) is 5.75 Å². The Morgan fingerprint density at radius 3 is 2.76 bits per heavy atom. The zero-order valence-electron chi connectivity index (χ0n) is 9.77. The Morgan fingerprint density at radius 2 is 2.18 bits per heavy atom. The second-order valence-corrected chi connectivity index (χ2v) is 3.63. The van der Waals surface area contributed by atoms with Crippen LogP contribution >= 0.6 is 0 Å². The quantitative estimate of drug-likeness (QED) is 0.750. The summed E-state index contributed by atoms with van der Waals surface area (Å²) in [5.74, 6) is -1.97. The van der Waals surface area contributed by atoms with Crippen LogP contribution in [0.3, 0.4) is 0 Å². The van der Waals surface area contributed by atoms with Crippen LogP contribution < -0.4 is 10.1 Å². The van der Waals surface area contributed by atoms with E-state index in [2.05, 4.69) is 5.32 Å². The predicted octanol–water partition coefficient (Wildman–Crippen LogP) is 1.03. The minimum atomic E-state index is -1.13. The standard InChI is InChI=1S/C12H15NO4/c1-8(12(15)16)11(14)13-7-9-4-3-5-10(6-9)17-2/h3-6,8H,7H2,1-2H3,(H,13,14)(H,15,16). The van der Waals surface area contributed by atoms with Gasteiger partial charge in [-0.2, -0.15) is 0 Å². The molecule has 1 amide bonds. The molecule has 0 aliphatic heterocycles. The van der Waals surface area contributed by atoms with Gasteiger partial charge in [-0.25, -0.2) is 0 Å². The Kier molecular flexibility index (Phi) is 4.51. The van der Waals surface area contributed by atoms with Crippen molar-refractivity contribution in [2.45, 2.75) is 13.5 Å². The number of amides is 1. The van der Waals surface area contributed by atoms with E-state index in [1.54, 1.807) is 25.3 Å². The maximum absolute atomic E-state index is 11.4. The summed E-state index contributed by atoms with van der Waals surface area (Å²) in [7, 11) is 1.56. The van der Waals surface area contributed by atoms with Gasteiger partial charge >= 0.3 is 5.97 Å². The molecule has 1 rings (SSSR count). The van der Waals surface area contributed by atoms with Gasteiger partial charge in [0.25, 0.3) is 0 Å². The maximum atomic E-state index is 11.4. The number of rotatable bonds is 5. The molecule has 1 aromatic carbocycles. The molecule has 5 nitrogen and oxygen atoms in total. The number of carboxylic acid groups (broad SMARTS) is 1. The minimum absolute atomic E-state index is 0.285. The Hall–Kier alpha value is -2.04. The summed E-state index contributed by atoms with van der Waals surface area (Å²) in [5, 5.41) is 11.2. The fourth-order valence-electron chi connectivity index (χ4n) is 1.24. The van der Waals surface area contributed by atoms with Crippen LogP contribution in [0, 0.1) is 5.92 Å². The third kappa shape index (κ3) is 3.79. The summed E-state index contributed by atoms with van der Waals surface area (Å²) >= 11 is 0. The number of ether oxygens (including phenoxy) is 1. The van der Waals surface area contributed by atoms with Crippen molar-refractivity contribution in [2.24, 2.45) is 5.92 Å². The minimum Gasteiger partial charge on any atom is -0.497 e. The van der Waals surface area contributed by atoms with E-state index in [4.69, 9.17) is 9.84 Å². The lowest BCUT2D eigenvalue weighted by Crippen LogP contribution is -2.33. The molecular weight excluding hydrogens is 222 g/mol. The number of hydrogen-bond acceptors (Lipinski definition) is 3. The number of carbonyl (C=O) groups excluding carboxylic acids is 1. The molecule has 0 saturated heterocycles. The molecular formula is C12H15NO4. The second kappa shape index (κ2) is 5.89. The van der Waals surface area contributed by atoms with Crippen LogP contribution in [-0.2, 0) is 16.1 Å². The molecule has 1 unspecified atom stereocenters. The molecule has 0 saturated carbocycles. The van der Waals surface area contributed by atoms with Crippen molar-refractivity contribution < 1.29 is 19.4 Å². The molecule has 0 aliphatic carbocycles. The molecule has 17 heavy (non-hydrogen) atoms. The van der Waals surface area contributed by atoms with Crippen molar-refractivity contribution >= 4 is 11.9 Å². The first-order valence-electron chi connectivity index (χ1n) is 5.18. The Bertz CT molecular complexity index is 417. The third-order valence-corrected chi connectivity index (χ3v) is 2.36. The summed E-state index contributed by atoms with van der Waals surface area (Å²) in [6, 6.07) is 7.21. The molecule has 0 aromatic heterocycles. The van der Waals surface area contributed by atoms with E-state index in [9.17, 15) is 9.59 Å². The van der Waals surface area contributed by atoms with Crippen molar-refractivity contribution in [3.05, 3.63) is 29.8 Å². The number of hydrogen-bond donors (Lipinski definition) is 2. The average Bonchev–Trinajstić information content (AvgIpc) is 2.35. The fraction of sp³-hybridized carbons (Fsp3) is 0.333.